The van der Waals surface area contributed by atoms with Crippen LogP contribution in [0.3, 0.4) is 0 Å². The fourth-order valence-electron chi connectivity index (χ4n) is 3.06. The van der Waals surface area contributed by atoms with E-state index in [9.17, 15) is 47.9 Å². The largest absolute Gasteiger partial charge is 0.481 e. The van der Waals surface area contributed by atoms with Crippen molar-refractivity contribution in [3.05, 3.63) is 0 Å². The third-order valence-corrected chi connectivity index (χ3v) is 5.03. The molecule has 0 saturated carbocycles. The summed E-state index contributed by atoms with van der Waals surface area (Å²) < 4.78 is 0. The SMILES string of the molecule is N[C@@H](CC(=O)O)C(=O)N[C@@H](CC(=O)O)C(=O)N[C@@H](CCC(=O)O)C(=O)N[C@@H](CC(=O)O)C(=O)N[C@@H](CC(=O)O)C(=O)O. The Morgan fingerprint density at radius 1 is 0.452 bits per heavy atom. The van der Waals surface area contributed by atoms with E-state index in [2.05, 4.69) is 0 Å². The van der Waals surface area contributed by atoms with Crippen LogP contribution in [0.5, 0.6) is 0 Å². The molecule has 0 aliphatic heterocycles. The standard InChI is InChI=1S/C21H29N5O16/c22-7(3-13(29)30)17(37)24-9(4-14(31)32)19(39)23-8(1-2-12(27)28)18(38)25-10(5-15(33)34)20(40)26-11(21(41)42)6-16(35)36/h7-11H,1-6,22H2,(H,23,39)(H,24,37)(H,25,38)(H,26,40)(H,27,28)(H,29,30)(H,31,32)(H,33,34)(H,35,36)(H,41,42)/t7-,8-,9-,10-,11-/m0/s1. The Morgan fingerprint density at radius 3 is 1.17 bits per heavy atom. The highest BCUT2D eigenvalue weighted by Gasteiger charge is 2.34. The van der Waals surface area contributed by atoms with Crippen LogP contribution in [-0.4, -0.2) is 120 Å². The molecular formula is C21H29N5O16. The quantitative estimate of drug-likeness (QED) is 0.0617. The van der Waals surface area contributed by atoms with Gasteiger partial charge in [0.2, 0.25) is 23.6 Å². The number of carboxylic acids is 6. The first-order chi connectivity index (χ1) is 19.3. The number of hydrogen-bond donors (Lipinski definition) is 11. The molecule has 0 heterocycles. The minimum atomic E-state index is -2.07. The maximum absolute atomic E-state index is 12.9. The molecule has 4 amide bonds. The highest BCUT2D eigenvalue weighted by Crippen LogP contribution is 2.05. The Morgan fingerprint density at radius 2 is 0.786 bits per heavy atom. The molecule has 0 radical (unpaired) electrons. The van der Waals surface area contributed by atoms with Crippen LogP contribution in [0.1, 0.15) is 38.5 Å². The Kier molecular flexibility index (Phi) is 15.2. The number of carbonyl (C=O) groups is 10. The van der Waals surface area contributed by atoms with E-state index < -0.39 is 128 Å². The number of carbonyl (C=O) groups excluding carboxylic acids is 4. The van der Waals surface area contributed by atoms with Gasteiger partial charge in [-0.15, -0.1) is 0 Å². The van der Waals surface area contributed by atoms with Gasteiger partial charge in [0.25, 0.3) is 0 Å². The van der Waals surface area contributed by atoms with Crippen LogP contribution < -0.4 is 27.0 Å². The average molecular weight is 607 g/mol. The van der Waals surface area contributed by atoms with Crippen molar-refractivity contribution in [2.45, 2.75) is 68.7 Å². The summed E-state index contributed by atoms with van der Waals surface area (Å²) in [5.41, 5.74) is 5.37. The van der Waals surface area contributed by atoms with Gasteiger partial charge >= 0.3 is 35.8 Å². The van der Waals surface area contributed by atoms with Crippen LogP contribution in [0.25, 0.3) is 0 Å². The number of hydrogen-bond acceptors (Lipinski definition) is 11. The molecule has 12 N–H and O–H groups in total. The zero-order chi connectivity index (χ0) is 32.7. The van der Waals surface area contributed by atoms with Gasteiger partial charge in [-0.1, -0.05) is 0 Å². The average Bonchev–Trinajstić information content (AvgIpc) is 2.83. The van der Waals surface area contributed by atoms with Crippen molar-refractivity contribution < 1.29 is 78.6 Å². The first kappa shape index (κ1) is 36.7. The number of rotatable bonds is 20. The summed E-state index contributed by atoms with van der Waals surface area (Å²) in [6.45, 7) is 0. The minimum Gasteiger partial charge on any atom is -0.481 e. The van der Waals surface area contributed by atoms with Crippen molar-refractivity contribution in [3.8, 4) is 0 Å². The third kappa shape index (κ3) is 14.7. The van der Waals surface area contributed by atoms with Crippen LogP contribution >= 0.6 is 0 Å². The number of amides is 4. The van der Waals surface area contributed by atoms with E-state index >= 15 is 0 Å². The molecule has 0 unspecified atom stereocenters. The number of aliphatic carboxylic acids is 6. The summed E-state index contributed by atoms with van der Waals surface area (Å²) >= 11 is 0. The molecular weight excluding hydrogens is 578 g/mol. The molecule has 0 aromatic heterocycles. The van der Waals surface area contributed by atoms with Gasteiger partial charge in [-0.25, -0.2) is 4.79 Å². The lowest BCUT2D eigenvalue weighted by Gasteiger charge is -2.25. The fourth-order valence-corrected chi connectivity index (χ4v) is 3.06. The van der Waals surface area contributed by atoms with Gasteiger partial charge in [-0.2, -0.15) is 0 Å². The predicted octanol–water partition coefficient (Wildman–Crippen LogP) is -4.90. The van der Waals surface area contributed by atoms with E-state index in [-0.39, 0.29) is 0 Å². The zero-order valence-corrected chi connectivity index (χ0v) is 21.5. The molecule has 5 atom stereocenters. The van der Waals surface area contributed by atoms with Crippen LogP contribution in [-0.2, 0) is 47.9 Å². The summed E-state index contributed by atoms with van der Waals surface area (Å²) in [6, 6.07) is -9.71. The molecule has 21 nitrogen and oxygen atoms in total. The lowest BCUT2D eigenvalue weighted by atomic mass is 10.1. The molecule has 42 heavy (non-hydrogen) atoms. The van der Waals surface area contributed by atoms with Gasteiger partial charge < -0.3 is 57.6 Å². The predicted molar refractivity (Wildman–Crippen MR) is 129 cm³/mol. The lowest BCUT2D eigenvalue weighted by Crippen LogP contribution is -2.59. The highest BCUT2D eigenvalue weighted by molar-refractivity contribution is 5.98. The first-order valence-electron chi connectivity index (χ1n) is 11.6. The van der Waals surface area contributed by atoms with E-state index in [1.54, 1.807) is 5.32 Å². The molecule has 0 rings (SSSR count). The molecule has 234 valence electrons. The highest BCUT2D eigenvalue weighted by atomic mass is 16.4. The molecule has 21 heteroatoms. The summed E-state index contributed by atoms with van der Waals surface area (Å²) in [5.74, 6) is -15.3. The first-order valence-corrected chi connectivity index (χ1v) is 11.6. The van der Waals surface area contributed by atoms with E-state index in [1.165, 1.54) is 0 Å². The maximum Gasteiger partial charge on any atom is 0.326 e. The van der Waals surface area contributed by atoms with Gasteiger partial charge in [-0.3, -0.25) is 43.2 Å². The monoisotopic (exact) mass is 607 g/mol. The van der Waals surface area contributed by atoms with E-state index in [1.807, 2.05) is 16.0 Å². The van der Waals surface area contributed by atoms with Gasteiger partial charge in [0.1, 0.15) is 24.2 Å². The smallest absolute Gasteiger partial charge is 0.326 e. The van der Waals surface area contributed by atoms with E-state index in [4.69, 9.17) is 36.4 Å². The van der Waals surface area contributed by atoms with Crippen molar-refractivity contribution in [2.24, 2.45) is 5.73 Å². The summed E-state index contributed by atoms with van der Waals surface area (Å²) in [6.07, 6.45) is -5.87. The fraction of sp³-hybridized carbons (Fsp3) is 0.524. The zero-order valence-electron chi connectivity index (χ0n) is 21.5. The third-order valence-electron chi connectivity index (χ3n) is 5.03. The van der Waals surface area contributed by atoms with Gasteiger partial charge in [0.15, 0.2) is 0 Å². The lowest BCUT2D eigenvalue weighted by molar-refractivity contribution is -0.148. The second kappa shape index (κ2) is 17.4. The number of carboxylic acid groups (broad SMARTS) is 6. The van der Waals surface area contributed by atoms with Crippen LogP contribution in [0.2, 0.25) is 0 Å². The number of nitrogens with two attached hydrogens (primary N) is 1. The normalized spacial score (nSPS) is 14.0. The van der Waals surface area contributed by atoms with Gasteiger partial charge in [0, 0.05) is 6.42 Å². The Labute approximate surface area is 234 Å². The minimum absolute atomic E-state index is 0.725. The summed E-state index contributed by atoms with van der Waals surface area (Å²) in [7, 11) is 0. The summed E-state index contributed by atoms with van der Waals surface area (Å²) in [4.78, 5) is 117. The topological polar surface area (TPSA) is 366 Å². The van der Waals surface area contributed by atoms with E-state index in [0.29, 0.717) is 0 Å². The van der Waals surface area contributed by atoms with Crippen molar-refractivity contribution in [2.75, 3.05) is 0 Å². The second-order valence-corrected chi connectivity index (χ2v) is 8.51. The molecule has 0 aromatic carbocycles. The molecule has 0 saturated heterocycles. The molecule has 0 bridgehead atoms. The van der Waals surface area contributed by atoms with Crippen molar-refractivity contribution in [1.29, 1.82) is 0 Å². The molecule has 0 aromatic rings. The molecule has 0 spiro atoms. The Bertz CT molecular complexity index is 1110. The van der Waals surface area contributed by atoms with Crippen molar-refractivity contribution in [1.82, 2.24) is 21.3 Å². The van der Waals surface area contributed by atoms with Crippen LogP contribution in [0.15, 0.2) is 0 Å². The van der Waals surface area contributed by atoms with E-state index in [0.717, 1.165) is 0 Å². The van der Waals surface area contributed by atoms with Crippen LogP contribution in [0.4, 0.5) is 0 Å². The van der Waals surface area contributed by atoms with Gasteiger partial charge in [0.05, 0.1) is 31.7 Å². The maximum atomic E-state index is 12.9. The van der Waals surface area contributed by atoms with Crippen molar-refractivity contribution in [3.63, 3.8) is 0 Å². The Balaban J connectivity index is 6.00. The number of nitrogens with one attached hydrogen (secondary N) is 4. The van der Waals surface area contributed by atoms with Gasteiger partial charge in [-0.05, 0) is 6.42 Å². The Hall–Kier alpha value is -5.34. The molecule has 0 fully saturated rings. The van der Waals surface area contributed by atoms with Crippen molar-refractivity contribution >= 4 is 59.4 Å². The summed E-state index contributed by atoms with van der Waals surface area (Å²) in [5, 5.41) is 61.2. The molecule has 0 aliphatic rings. The second-order valence-electron chi connectivity index (χ2n) is 8.51. The van der Waals surface area contributed by atoms with Crippen LogP contribution in [0, 0.1) is 0 Å². The molecule has 0 aliphatic carbocycles.